The van der Waals surface area contributed by atoms with Gasteiger partial charge in [0.1, 0.15) is 0 Å². The maximum absolute atomic E-state index is 9.82. The van der Waals surface area contributed by atoms with E-state index in [1.54, 1.807) is 0 Å². The van der Waals surface area contributed by atoms with Crippen molar-refractivity contribution in [3.63, 3.8) is 0 Å². The van der Waals surface area contributed by atoms with Gasteiger partial charge in [-0.15, -0.1) is 0 Å². The first kappa shape index (κ1) is 12.5. The van der Waals surface area contributed by atoms with Crippen LogP contribution >= 0.6 is 35.0 Å². The molecule has 0 aromatic carbocycles. The molecular formula is C9H6Cl2N4OS. The lowest BCUT2D eigenvalue weighted by Crippen LogP contribution is -2.00. The van der Waals surface area contributed by atoms with Crippen LogP contribution in [0.3, 0.4) is 0 Å². The van der Waals surface area contributed by atoms with Crippen LogP contribution in [0.4, 0.5) is 0 Å². The van der Waals surface area contributed by atoms with E-state index >= 15 is 0 Å². The van der Waals surface area contributed by atoms with E-state index in [2.05, 4.69) is 19.9 Å². The van der Waals surface area contributed by atoms with Gasteiger partial charge >= 0.3 is 0 Å². The third kappa shape index (κ3) is 3.50. The van der Waals surface area contributed by atoms with Gasteiger partial charge < -0.3 is 5.11 Å². The van der Waals surface area contributed by atoms with Crippen LogP contribution in [-0.4, -0.2) is 25.0 Å². The molecule has 17 heavy (non-hydrogen) atoms. The molecule has 2 aromatic heterocycles. The van der Waals surface area contributed by atoms with Crippen molar-refractivity contribution in [3.8, 4) is 0 Å². The molecule has 0 amide bonds. The molecular weight excluding hydrogens is 283 g/mol. The van der Waals surface area contributed by atoms with Gasteiger partial charge in [-0.25, -0.2) is 19.9 Å². The zero-order valence-electron chi connectivity index (χ0n) is 8.29. The van der Waals surface area contributed by atoms with Crippen LogP contribution in [0.5, 0.6) is 0 Å². The lowest BCUT2D eigenvalue weighted by Gasteiger charge is -2.06. The van der Waals surface area contributed by atoms with Crippen molar-refractivity contribution < 1.29 is 5.11 Å². The van der Waals surface area contributed by atoms with Crippen LogP contribution < -0.4 is 0 Å². The second kappa shape index (κ2) is 5.59. The summed E-state index contributed by atoms with van der Waals surface area (Å²) in [6, 6.07) is 0. The summed E-state index contributed by atoms with van der Waals surface area (Å²) < 4.78 is 0. The first-order valence-electron chi connectivity index (χ1n) is 4.45. The molecule has 1 unspecified atom stereocenters. The fraction of sp³-hybridized carbons (Fsp3) is 0.111. The minimum atomic E-state index is -0.951. The molecule has 2 heterocycles. The smallest absolute Gasteiger partial charge is 0.190 e. The summed E-state index contributed by atoms with van der Waals surface area (Å²) in [5.41, 5.74) is -0.951. The molecule has 0 aliphatic heterocycles. The van der Waals surface area contributed by atoms with E-state index in [9.17, 15) is 5.11 Å². The number of nitrogens with zero attached hydrogens (tertiary/aromatic N) is 4. The fourth-order valence-electron chi connectivity index (χ4n) is 0.964. The zero-order valence-corrected chi connectivity index (χ0v) is 10.6. The fourth-order valence-corrected chi connectivity index (χ4v) is 1.81. The van der Waals surface area contributed by atoms with Crippen molar-refractivity contribution in [2.24, 2.45) is 0 Å². The number of hydrogen-bond donors (Lipinski definition) is 1. The Morgan fingerprint density at radius 1 is 0.941 bits per heavy atom. The number of aromatic nitrogens is 4. The van der Waals surface area contributed by atoms with Crippen molar-refractivity contribution in [3.05, 3.63) is 40.7 Å². The summed E-state index contributed by atoms with van der Waals surface area (Å²) in [5.74, 6) is 0.248. The SMILES string of the molecule is OC(Sc1ncc(Cl)cn1)c1ncc(Cl)cn1. The average molecular weight is 289 g/mol. The summed E-state index contributed by atoms with van der Waals surface area (Å²) in [6.07, 6.45) is 5.73. The van der Waals surface area contributed by atoms with Gasteiger partial charge in [0.25, 0.3) is 0 Å². The van der Waals surface area contributed by atoms with Gasteiger partial charge in [0.05, 0.1) is 22.4 Å². The van der Waals surface area contributed by atoms with E-state index in [1.165, 1.54) is 24.8 Å². The maximum Gasteiger partial charge on any atom is 0.190 e. The van der Waals surface area contributed by atoms with Crippen LogP contribution in [0, 0.1) is 0 Å². The summed E-state index contributed by atoms with van der Waals surface area (Å²) in [5, 5.41) is 11.1. The van der Waals surface area contributed by atoms with E-state index < -0.39 is 5.44 Å². The van der Waals surface area contributed by atoms with Gasteiger partial charge in [-0.2, -0.15) is 0 Å². The highest BCUT2D eigenvalue weighted by molar-refractivity contribution is 7.99. The summed E-state index contributed by atoms with van der Waals surface area (Å²) in [7, 11) is 0. The van der Waals surface area contributed by atoms with E-state index in [1.807, 2.05) is 0 Å². The third-order valence-corrected chi connectivity index (χ3v) is 2.92. The standard InChI is InChI=1S/C9H6Cl2N4OS/c10-5-1-12-7(13-2-5)8(16)17-9-14-3-6(11)4-15-9/h1-4,8,16H. The van der Waals surface area contributed by atoms with Gasteiger partial charge in [0, 0.05) is 12.4 Å². The minimum Gasteiger partial charge on any atom is -0.374 e. The van der Waals surface area contributed by atoms with Crippen molar-refractivity contribution in [2.45, 2.75) is 10.6 Å². The highest BCUT2D eigenvalue weighted by atomic mass is 35.5. The quantitative estimate of drug-likeness (QED) is 0.531. The van der Waals surface area contributed by atoms with Crippen molar-refractivity contribution in [1.29, 1.82) is 0 Å². The van der Waals surface area contributed by atoms with Crippen LogP contribution in [0.15, 0.2) is 29.9 Å². The molecule has 0 bridgehead atoms. The van der Waals surface area contributed by atoms with Crippen molar-refractivity contribution in [2.75, 3.05) is 0 Å². The molecule has 0 aliphatic carbocycles. The molecule has 8 heteroatoms. The number of thioether (sulfide) groups is 1. The number of aliphatic hydroxyl groups is 1. The molecule has 1 atom stereocenters. The van der Waals surface area contributed by atoms with Gasteiger partial charge in [-0.05, 0) is 11.8 Å². The Morgan fingerprint density at radius 2 is 1.41 bits per heavy atom. The monoisotopic (exact) mass is 288 g/mol. The number of halogens is 2. The second-order valence-corrected chi connectivity index (χ2v) is 4.83. The first-order chi connectivity index (χ1) is 8.15. The Hall–Kier alpha value is -0.950. The van der Waals surface area contributed by atoms with Crippen molar-refractivity contribution in [1.82, 2.24) is 19.9 Å². The molecule has 2 aromatic rings. The summed E-state index contributed by atoms with van der Waals surface area (Å²) in [6.45, 7) is 0. The molecule has 5 nitrogen and oxygen atoms in total. The summed E-state index contributed by atoms with van der Waals surface area (Å²) >= 11 is 12.3. The van der Waals surface area contributed by atoms with Crippen LogP contribution in [0.1, 0.15) is 11.3 Å². The Kier molecular flexibility index (Phi) is 4.11. The third-order valence-electron chi connectivity index (χ3n) is 1.67. The highest BCUT2D eigenvalue weighted by Gasteiger charge is 2.13. The highest BCUT2D eigenvalue weighted by Crippen LogP contribution is 2.28. The number of aliphatic hydroxyl groups excluding tert-OH is 1. The van der Waals surface area contributed by atoms with Gasteiger partial charge in [0.2, 0.25) is 0 Å². The normalized spacial score (nSPS) is 12.4. The molecule has 0 fully saturated rings. The minimum absolute atomic E-state index is 0.248. The average Bonchev–Trinajstić information content (AvgIpc) is 2.33. The van der Waals surface area contributed by atoms with E-state index in [0.717, 1.165) is 11.8 Å². The molecule has 0 saturated carbocycles. The van der Waals surface area contributed by atoms with Gasteiger partial charge in [-0.1, -0.05) is 23.2 Å². The molecule has 2 rings (SSSR count). The van der Waals surface area contributed by atoms with Crippen LogP contribution in [0.25, 0.3) is 0 Å². The topological polar surface area (TPSA) is 71.8 Å². The molecule has 88 valence electrons. The van der Waals surface area contributed by atoms with E-state index in [4.69, 9.17) is 23.2 Å². The van der Waals surface area contributed by atoms with E-state index in [0.29, 0.717) is 15.2 Å². The van der Waals surface area contributed by atoms with Gasteiger partial charge in [0.15, 0.2) is 16.4 Å². The lowest BCUT2D eigenvalue weighted by molar-refractivity contribution is 0.259. The predicted molar refractivity (Wildman–Crippen MR) is 64.9 cm³/mol. The predicted octanol–water partition coefficient (Wildman–Crippen LogP) is 2.36. The zero-order chi connectivity index (χ0) is 12.3. The van der Waals surface area contributed by atoms with Crippen LogP contribution in [-0.2, 0) is 0 Å². The van der Waals surface area contributed by atoms with Crippen molar-refractivity contribution >= 4 is 35.0 Å². The number of hydrogen-bond acceptors (Lipinski definition) is 6. The summed E-state index contributed by atoms with van der Waals surface area (Å²) in [4.78, 5) is 15.7. The molecule has 0 saturated heterocycles. The molecule has 0 aliphatic rings. The van der Waals surface area contributed by atoms with E-state index in [-0.39, 0.29) is 5.82 Å². The lowest BCUT2D eigenvalue weighted by atomic mass is 10.6. The Bertz CT molecular complexity index is 493. The first-order valence-corrected chi connectivity index (χ1v) is 6.08. The molecule has 0 radical (unpaired) electrons. The van der Waals surface area contributed by atoms with Gasteiger partial charge in [-0.3, -0.25) is 0 Å². The number of rotatable bonds is 3. The Balaban J connectivity index is 2.08. The second-order valence-electron chi connectivity index (χ2n) is 2.91. The molecule has 1 N–H and O–H groups in total. The van der Waals surface area contributed by atoms with Crippen LogP contribution in [0.2, 0.25) is 10.0 Å². The maximum atomic E-state index is 9.82. The molecule has 0 spiro atoms. The Labute approximate surface area is 111 Å². The largest absolute Gasteiger partial charge is 0.374 e. The Morgan fingerprint density at radius 3 is 1.94 bits per heavy atom.